The number of carbonyl (C=O) groups is 1. The number of aliphatic hydroxyl groups excluding tert-OH is 1. The number of benzene rings is 1. The average Bonchev–Trinajstić information content (AvgIpc) is 3.07. The highest BCUT2D eigenvalue weighted by Gasteiger charge is 2.37. The monoisotopic (exact) mass is 364 g/mol. The molecule has 1 fully saturated rings. The van der Waals surface area contributed by atoms with Crippen LogP contribution in [-0.2, 0) is 11.3 Å². The predicted molar refractivity (Wildman–Crippen MR) is 101 cm³/mol. The summed E-state index contributed by atoms with van der Waals surface area (Å²) < 4.78 is 0. The molecule has 1 aliphatic carbocycles. The molecule has 1 aliphatic rings. The van der Waals surface area contributed by atoms with Gasteiger partial charge in [0.2, 0.25) is 0 Å². The molecule has 6 nitrogen and oxygen atoms in total. The third-order valence-corrected chi connectivity index (χ3v) is 4.84. The van der Waals surface area contributed by atoms with Crippen molar-refractivity contribution < 1.29 is 19.8 Å². The van der Waals surface area contributed by atoms with Gasteiger partial charge in [0.1, 0.15) is 0 Å². The zero-order chi connectivity index (χ0) is 19.2. The van der Waals surface area contributed by atoms with Crippen LogP contribution in [0.5, 0.6) is 0 Å². The molecule has 0 radical (unpaired) electrons. The number of nitrogens with one attached hydrogen (secondary N) is 1. The van der Waals surface area contributed by atoms with Gasteiger partial charge in [-0.2, -0.15) is 5.48 Å². The van der Waals surface area contributed by atoms with Crippen molar-refractivity contribution in [3.63, 3.8) is 0 Å². The minimum Gasteiger partial charge on any atom is -0.465 e. The highest BCUT2D eigenvalue weighted by Crippen LogP contribution is 2.23. The first-order chi connectivity index (χ1) is 12.3. The van der Waals surface area contributed by atoms with E-state index in [1.54, 1.807) is 0 Å². The number of amides is 1. The fourth-order valence-corrected chi connectivity index (χ4v) is 3.57. The molecule has 0 unspecified atom stereocenters. The number of carboxylic acid groups (broad SMARTS) is 1. The SMILES string of the molecule is CC(C)(C)N(C(=O)O)[C@@H](Cc1ccccc1)[C@H](O)CNOC1CCCC1. The van der Waals surface area contributed by atoms with E-state index in [1.165, 1.54) is 17.7 Å². The number of nitrogens with zero attached hydrogens (tertiary/aromatic N) is 1. The molecule has 1 saturated carbocycles. The topological polar surface area (TPSA) is 82.0 Å². The summed E-state index contributed by atoms with van der Waals surface area (Å²) in [5.41, 5.74) is 3.23. The number of hydroxylamine groups is 1. The molecule has 0 aromatic heterocycles. The van der Waals surface area contributed by atoms with Crippen LogP contribution in [0.25, 0.3) is 0 Å². The second-order valence-electron chi connectivity index (χ2n) is 8.02. The van der Waals surface area contributed by atoms with Crippen molar-refractivity contribution in [2.24, 2.45) is 0 Å². The number of aliphatic hydroxyl groups is 1. The maximum atomic E-state index is 11.9. The van der Waals surface area contributed by atoms with Gasteiger partial charge in [0.25, 0.3) is 0 Å². The molecule has 3 N–H and O–H groups in total. The minimum absolute atomic E-state index is 0.188. The van der Waals surface area contributed by atoms with E-state index in [0.29, 0.717) is 6.42 Å². The van der Waals surface area contributed by atoms with E-state index in [-0.39, 0.29) is 12.6 Å². The summed E-state index contributed by atoms with van der Waals surface area (Å²) in [5.74, 6) is 0. The summed E-state index contributed by atoms with van der Waals surface area (Å²) in [6.07, 6.45) is 3.11. The third kappa shape index (κ3) is 5.97. The largest absolute Gasteiger partial charge is 0.465 e. The summed E-state index contributed by atoms with van der Waals surface area (Å²) in [5, 5.41) is 20.5. The first kappa shape index (κ1) is 20.7. The number of rotatable bonds is 8. The van der Waals surface area contributed by atoms with Crippen LogP contribution < -0.4 is 5.48 Å². The van der Waals surface area contributed by atoms with Gasteiger partial charge in [-0.25, -0.2) is 4.79 Å². The van der Waals surface area contributed by atoms with Gasteiger partial charge >= 0.3 is 6.09 Å². The summed E-state index contributed by atoms with van der Waals surface area (Å²) in [6.45, 7) is 5.71. The molecule has 0 bridgehead atoms. The van der Waals surface area contributed by atoms with Crippen LogP contribution in [0.1, 0.15) is 52.0 Å². The van der Waals surface area contributed by atoms with E-state index in [0.717, 1.165) is 18.4 Å². The highest BCUT2D eigenvalue weighted by molar-refractivity contribution is 5.66. The third-order valence-electron chi connectivity index (χ3n) is 4.84. The van der Waals surface area contributed by atoms with Crippen molar-refractivity contribution in [3.05, 3.63) is 35.9 Å². The Balaban J connectivity index is 2.08. The van der Waals surface area contributed by atoms with Gasteiger partial charge in [0, 0.05) is 12.1 Å². The van der Waals surface area contributed by atoms with Crippen LogP contribution in [-0.4, -0.2) is 51.5 Å². The predicted octanol–water partition coefficient (Wildman–Crippen LogP) is 3.20. The second kappa shape index (κ2) is 9.35. The van der Waals surface area contributed by atoms with Crippen LogP contribution in [0.4, 0.5) is 4.79 Å². The molecule has 2 atom stereocenters. The average molecular weight is 364 g/mol. The Morgan fingerprint density at radius 3 is 2.42 bits per heavy atom. The maximum absolute atomic E-state index is 11.9. The minimum atomic E-state index is -1.03. The molecule has 1 aromatic carbocycles. The van der Waals surface area contributed by atoms with Gasteiger partial charge in [-0.05, 0) is 45.6 Å². The molecular formula is C20H32N2O4. The van der Waals surface area contributed by atoms with Crippen LogP contribution in [0.2, 0.25) is 0 Å². The standard InChI is InChI=1S/C20H32N2O4/c1-20(2,3)22(19(24)25)17(13-15-9-5-4-6-10-15)18(23)14-21-26-16-11-7-8-12-16/h4-6,9-10,16-18,21,23H,7-8,11-14H2,1-3H3,(H,24,25)/t17-,18+/m0/s1. The van der Waals surface area contributed by atoms with E-state index >= 15 is 0 Å². The second-order valence-corrected chi connectivity index (χ2v) is 8.02. The quantitative estimate of drug-likeness (QED) is 0.617. The molecule has 0 spiro atoms. The van der Waals surface area contributed by atoms with Gasteiger partial charge in [-0.3, -0.25) is 9.74 Å². The Morgan fingerprint density at radius 2 is 1.88 bits per heavy atom. The van der Waals surface area contributed by atoms with Crippen molar-refractivity contribution in [2.45, 2.75) is 76.7 Å². The molecule has 1 aromatic rings. The Bertz CT molecular complexity index is 553. The van der Waals surface area contributed by atoms with Gasteiger partial charge < -0.3 is 10.2 Å². The first-order valence-corrected chi connectivity index (χ1v) is 9.42. The van der Waals surface area contributed by atoms with Crippen molar-refractivity contribution in [1.29, 1.82) is 0 Å². The smallest absolute Gasteiger partial charge is 0.408 e. The van der Waals surface area contributed by atoms with Crippen LogP contribution >= 0.6 is 0 Å². The van der Waals surface area contributed by atoms with Gasteiger partial charge in [-0.15, -0.1) is 0 Å². The Labute approximate surface area is 156 Å². The van der Waals surface area contributed by atoms with Crippen molar-refractivity contribution >= 4 is 6.09 Å². The fourth-order valence-electron chi connectivity index (χ4n) is 3.57. The molecule has 1 amide bonds. The van der Waals surface area contributed by atoms with Crippen molar-refractivity contribution in [2.75, 3.05) is 6.54 Å². The molecule has 0 heterocycles. The van der Waals surface area contributed by atoms with Crippen LogP contribution in [0.15, 0.2) is 30.3 Å². The van der Waals surface area contributed by atoms with Gasteiger partial charge in [0.15, 0.2) is 0 Å². The zero-order valence-electron chi connectivity index (χ0n) is 16.0. The molecule has 146 valence electrons. The number of hydrogen-bond donors (Lipinski definition) is 3. The van der Waals surface area contributed by atoms with E-state index in [1.807, 2.05) is 51.1 Å². The van der Waals surface area contributed by atoms with Gasteiger partial charge in [0.05, 0.1) is 18.2 Å². The summed E-state index contributed by atoms with van der Waals surface area (Å²) in [6, 6.07) is 9.08. The summed E-state index contributed by atoms with van der Waals surface area (Å²) >= 11 is 0. The highest BCUT2D eigenvalue weighted by atomic mass is 16.7. The maximum Gasteiger partial charge on any atom is 0.408 e. The summed E-state index contributed by atoms with van der Waals surface area (Å²) in [7, 11) is 0. The lowest BCUT2D eigenvalue weighted by Gasteiger charge is -2.41. The van der Waals surface area contributed by atoms with E-state index in [9.17, 15) is 15.0 Å². The fraction of sp³-hybridized carbons (Fsp3) is 0.650. The van der Waals surface area contributed by atoms with Crippen LogP contribution in [0, 0.1) is 0 Å². The molecule has 0 aliphatic heterocycles. The lowest BCUT2D eigenvalue weighted by molar-refractivity contribution is -0.0556. The Hall–Kier alpha value is -1.63. The van der Waals surface area contributed by atoms with Crippen molar-refractivity contribution in [1.82, 2.24) is 10.4 Å². The Kier molecular flexibility index (Phi) is 7.43. The molecule has 6 heteroatoms. The first-order valence-electron chi connectivity index (χ1n) is 9.42. The number of hydrogen-bond acceptors (Lipinski definition) is 4. The van der Waals surface area contributed by atoms with E-state index < -0.39 is 23.8 Å². The van der Waals surface area contributed by atoms with Crippen LogP contribution in [0.3, 0.4) is 0 Å². The van der Waals surface area contributed by atoms with Gasteiger partial charge in [-0.1, -0.05) is 43.2 Å². The molecule has 0 saturated heterocycles. The van der Waals surface area contributed by atoms with E-state index in [2.05, 4.69) is 5.48 Å². The molecule has 2 rings (SSSR count). The summed E-state index contributed by atoms with van der Waals surface area (Å²) in [4.78, 5) is 18.9. The molecule has 26 heavy (non-hydrogen) atoms. The Morgan fingerprint density at radius 1 is 1.27 bits per heavy atom. The van der Waals surface area contributed by atoms with Crippen molar-refractivity contribution in [3.8, 4) is 0 Å². The normalized spacial score (nSPS) is 17.8. The zero-order valence-corrected chi connectivity index (χ0v) is 16.0. The lowest BCUT2D eigenvalue weighted by atomic mass is 9.95. The molecular weight excluding hydrogens is 332 g/mol. The lowest BCUT2D eigenvalue weighted by Crippen LogP contribution is -2.58. The van der Waals surface area contributed by atoms with E-state index in [4.69, 9.17) is 4.84 Å².